The third kappa shape index (κ3) is 7.26. The number of rotatable bonds is 10. The highest BCUT2D eigenvalue weighted by Crippen LogP contribution is 2.22. The van der Waals surface area contributed by atoms with E-state index in [4.69, 9.17) is 0 Å². The molecule has 2 atom stereocenters. The third-order valence-electron chi connectivity index (χ3n) is 4.60. The molecule has 0 unspecified atom stereocenters. The number of benzene rings is 1. The second kappa shape index (κ2) is 10.9. The molecule has 140 valence electrons. The molecule has 0 spiro atoms. The summed E-state index contributed by atoms with van der Waals surface area (Å²) in [7, 11) is 0. The van der Waals surface area contributed by atoms with Crippen LogP contribution in [0.2, 0.25) is 0 Å². The molecule has 0 radical (unpaired) electrons. The summed E-state index contributed by atoms with van der Waals surface area (Å²) in [6.45, 7) is 11.5. The van der Waals surface area contributed by atoms with Crippen molar-refractivity contribution in [3.05, 3.63) is 35.4 Å². The van der Waals surface area contributed by atoms with Crippen molar-refractivity contribution < 1.29 is 14.9 Å². The van der Waals surface area contributed by atoms with Gasteiger partial charge in [0.05, 0.1) is 6.54 Å². The Kier molecular flexibility index (Phi) is 9.21. The Hall–Kier alpha value is -1.88. The Morgan fingerprint density at radius 1 is 0.960 bits per heavy atom. The van der Waals surface area contributed by atoms with E-state index in [0.29, 0.717) is 24.9 Å². The lowest BCUT2D eigenvalue weighted by atomic mass is 9.92. The van der Waals surface area contributed by atoms with Gasteiger partial charge in [0.15, 0.2) is 6.54 Å². The van der Waals surface area contributed by atoms with Crippen molar-refractivity contribution in [1.82, 2.24) is 10.6 Å². The van der Waals surface area contributed by atoms with Crippen LogP contribution in [0.5, 0.6) is 0 Å². The van der Waals surface area contributed by atoms with Crippen molar-refractivity contribution in [2.24, 2.45) is 5.92 Å². The fraction of sp³-hybridized carbons (Fsp3) is 0.600. The minimum atomic E-state index is -0.156. The summed E-state index contributed by atoms with van der Waals surface area (Å²) in [5.41, 5.74) is 2.59. The molecule has 1 aromatic carbocycles. The summed E-state index contributed by atoms with van der Waals surface area (Å²) in [4.78, 5) is 23.4. The average molecular weight is 349 g/mol. The molecule has 2 amide bonds. The summed E-state index contributed by atoms with van der Waals surface area (Å²) in [5.74, 6) is 0.700. The topological polar surface area (TPSA) is 74.8 Å². The van der Waals surface area contributed by atoms with E-state index in [0.717, 1.165) is 6.42 Å². The number of carbonyl (C=O) groups is 2. The van der Waals surface area contributed by atoms with E-state index in [2.05, 4.69) is 67.9 Å². The van der Waals surface area contributed by atoms with Crippen molar-refractivity contribution in [1.29, 1.82) is 0 Å². The number of quaternary nitrogens is 1. The van der Waals surface area contributed by atoms with Crippen LogP contribution in [0.1, 0.15) is 64.1 Å². The molecule has 25 heavy (non-hydrogen) atoms. The van der Waals surface area contributed by atoms with E-state index in [9.17, 15) is 9.59 Å². The van der Waals surface area contributed by atoms with Gasteiger partial charge in [0.1, 0.15) is 6.04 Å². The molecule has 0 fully saturated rings. The molecule has 0 aliphatic heterocycles. The van der Waals surface area contributed by atoms with Crippen LogP contribution in [0.15, 0.2) is 24.3 Å². The molecule has 1 rings (SSSR count). The molecule has 4 N–H and O–H groups in total. The summed E-state index contributed by atoms with van der Waals surface area (Å²) in [6, 6.07) is 8.97. The smallest absolute Gasteiger partial charge is 0.275 e. The number of nitrogens with one attached hydrogen (secondary N) is 2. The molecule has 0 bridgehead atoms. The largest absolute Gasteiger partial charge is 0.355 e. The highest BCUT2D eigenvalue weighted by atomic mass is 16.2. The first-order valence-electron chi connectivity index (χ1n) is 9.35. The summed E-state index contributed by atoms with van der Waals surface area (Å²) >= 11 is 0. The van der Waals surface area contributed by atoms with E-state index >= 15 is 0 Å². The molecular weight excluding hydrogens is 314 g/mol. The van der Waals surface area contributed by atoms with Crippen molar-refractivity contribution >= 4 is 11.8 Å². The van der Waals surface area contributed by atoms with Gasteiger partial charge in [-0.25, -0.2) is 0 Å². The lowest BCUT2D eigenvalue weighted by Crippen LogP contribution is -2.88. The Labute approximate surface area is 152 Å². The van der Waals surface area contributed by atoms with Gasteiger partial charge in [-0.15, -0.1) is 0 Å². The molecule has 5 nitrogen and oxygen atoms in total. The lowest BCUT2D eigenvalue weighted by molar-refractivity contribution is -0.692. The second-order valence-electron chi connectivity index (χ2n) is 6.92. The average Bonchev–Trinajstić information content (AvgIpc) is 2.60. The normalized spacial score (nSPS) is 13.4. The molecule has 1 aromatic rings. The Bertz CT molecular complexity index is 540. The first-order chi connectivity index (χ1) is 11.9. The van der Waals surface area contributed by atoms with Gasteiger partial charge in [-0.1, -0.05) is 52.0 Å². The Morgan fingerprint density at radius 2 is 1.56 bits per heavy atom. The van der Waals surface area contributed by atoms with Crippen molar-refractivity contribution in [3.63, 3.8) is 0 Å². The van der Waals surface area contributed by atoms with Crippen LogP contribution in [-0.4, -0.2) is 31.4 Å². The number of likely N-dealkylation sites (N-methyl/N-ethyl adjacent to an activating group) is 1. The fourth-order valence-corrected chi connectivity index (χ4v) is 2.82. The summed E-state index contributed by atoms with van der Waals surface area (Å²) in [6.07, 6.45) is 1.13. The number of nitrogens with two attached hydrogens (primary N) is 1. The van der Waals surface area contributed by atoms with Crippen LogP contribution in [0.25, 0.3) is 0 Å². The molecule has 0 saturated heterocycles. The molecule has 0 aromatic heterocycles. The zero-order valence-electron chi connectivity index (χ0n) is 16.3. The second-order valence-corrected chi connectivity index (χ2v) is 6.92. The van der Waals surface area contributed by atoms with E-state index in [-0.39, 0.29) is 24.4 Å². The quantitative estimate of drug-likeness (QED) is 0.602. The maximum atomic E-state index is 12.0. The number of carbonyl (C=O) groups excluding carboxylic acids is 2. The maximum absolute atomic E-state index is 12.0. The van der Waals surface area contributed by atoms with E-state index < -0.39 is 0 Å². The standard InChI is InChI=1S/C20H33N3O2/c1-6-15(5)16-8-10-17(11-9-16)20(14(3)4)23-13-19(25)22-12-18(24)21-7-2/h8-11,14-15,20,23H,6-7,12-13H2,1-5H3,(H,21,24)(H,22,25)/p+1/t15-,20-/m1/s1. The minimum Gasteiger partial charge on any atom is -0.355 e. The van der Waals surface area contributed by atoms with Gasteiger partial charge < -0.3 is 16.0 Å². The van der Waals surface area contributed by atoms with Gasteiger partial charge in [-0.05, 0) is 24.8 Å². The Balaban J connectivity index is 2.59. The fourth-order valence-electron chi connectivity index (χ4n) is 2.82. The third-order valence-corrected chi connectivity index (χ3v) is 4.60. The summed E-state index contributed by atoms with van der Waals surface area (Å²) < 4.78 is 0. The van der Waals surface area contributed by atoms with Gasteiger partial charge in [0.25, 0.3) is 5.91 Å². The zero-order valence-corrected chi connectivity index (χ0v) is 16.3. The van der Waals surface area contributed by atoms with Gasteiger partial charge in [-0.2, -0.15) is 0 Å². The van der Waals surface area contributed by atoms with Crippen LogP contribution in [-0.2, 0) is 9.59 Å². The van der Waals surface area contributed by atoms with E-state index in [1.54, 1.807) is 0 Å². The maximum Gasteiger partial charge on any atom is 0.275 e. The van der Waals surface area contributed by atoms with E-state index in [1.807, 2.05) is 6.92 Å². The molecule has 0 aliphatic rings. The highest BCUT2D eigenvalue weighted by molar-refractivity contribution is 5.84. The predicted molar refractivity (Wildman–Crippen MR) is 101 cm³/mol. The molecule has 0 saturated carbocycles. The van der Waals surface area contributed by atoms with Crippen LogP contribution in [0, 0.1) is 5.92 Å². The number of hydrogen-bond acceptors (Lipinski definition) is 2. The minimum absolute atomic E-state index is 0.0382. The SMILES string of the molecule is CCNC(=O)CNC(=O)C[NH2+][C@@H](c1ccc([C@H](C)CC)cc1)C(C)C. The van der Waals surface area contributed by atoms with Crippen molar-refractivity contribution in [2.75, 3.05) is 19.6 Å². The predicted octanol–water partition coefficient (Wildman–Crippen LogP) is 1.71. The van der Waals surface area contributed by atoms with Gasteiger partial charge in [-0.3, -0.25) is 9.59 Å². The molecule has 0 aliphatic carbocycles. The highest BCUT2D eigenvalue weighted by Gasteiger charge is 2.20. The summed E-state index contributed by atoms with van der Waals surface area (Å²) in [5, 5.41) is 7.38. The van der Waals surface area contributed by atoms with Crippen LogP contribution >= 0.6 is 0 Å². The van der Waals surface area contributed by atoms with Crippen LogP contribution < -0.4 is 16.0 Å². The Morgan fingerprint density at radius 3 is 2.08 bits per heavy atom. The molecular formula is C20H34N3O2+. The van der Waals surface area contributed by atoms with Crippen LogP contribution in [0.4, 0.5) is 0 Å². The van der Waals surface area contributed by atoms with Crippen molar-refractivity contribution in [2.45, 2.75) is 53.0 Å². The molecule has 5 heteroatoms. The van der Waals surface area contributed by atoms with Gasteiger partial charge in [0.2, 0.25) is 5.91 Å². The zero-order chi connectivity index (χ0) is 18.8. The first kappa shape index (κ1) is 21.2. The van der Waals surface area contributed by atoms with E-state index in [1.165, 1.54) is 11.1 Å². The van der Waals surface area contributed by atoms with Gasteiger partial charge >= 0.3 is 0 Å². The first-order valence-corrected chi connectivity index (χ1v) is 9.35. The lowest BCUT2D eigenvalue weighted by Gasteiger charge is -2.20. The molecule has 0 heterocycles. The number of hydrogen-bond donors (Lipinski definition) is 3. The monoisotopic (exact) mass is 348 g/mol. The van der Waals surface area contributed by atoms with Gasteiger partial charge in [0, 0.05) is 18.0 Å². The number of amides is 2. The van der Waals surface area contributed by atoms with Crippen molar-refractivity contribution in [3.8, 4) is 0 Å². The van der Waals surface area contributed by atoms with Crippen LogP contribution in [0.3, 0.4) is 0 Å².